The summed E-state index contributed by atoms with van der Waals surface area (Å²) in [4.78, 5) is 2.13. The second-order valence-electron chi connectivity index (χ2n) is 3.59. The van der Waals surface area contributed by atoms with Crippen LogP contribution in [0.25, 0.3) is 0 Å². The summed E-state index contributed by atoms with van der Waals surface area (Å²) in [5.74, 6) is 0. The molecular weight excluding hydrogens is 295 g/mol. The first-order valence-corrected chi connectivity index (χ1v) is 6.90. The van der Waals surface area contributed by atoms with E-state index in [1.807, 2.05) is 37.3 Å². The minimum absolute atomic E-state index is 0.646. The fraction of sp³-hybridized carbons (Fsp3) is 0.0769. The van der Waals surface area contributed by atoms with Gasteiger partial charge in [0, 0.05) is 19.8 Å². The van der Waals surface area contributed by atoms with Gasteiger partial charge in [0.1, 0.15) is 0 Å². The van der Waals surface area contributed by atoms with Crippen LogP contribution in [0.15, 0.2) is 46.2 Å². The van der Waals surface area contributed by atoms with Gasteiger partial charge in [-0.25, -0.2) is 0 Å². The zero-order chi connectivity index (χ0) is 12.4. The lowest BCUT2D eigenvalue weighted by molar-refractivity contribution is 1.29. The van der Waals surface area contributed by atoms with Gasteiger partial charge in [-0.15, -0.1) is 0 Å². The van der Waals surface area contributed by atoms with Crippen LogP contribution in [0.5, 0.6) is 0 Å². The molecule has 0 nitrogen and oxygen atoms in total. The lowest BCUT2D eigenvalue weighted by atomic mass is 10.2. The molecule has 2 aromatic rings. The highest BCUT2D eigenvalue weighted by Crippen LogP contribution is 2.36. The molecule has 0 spiro atoms. The summed E-state index contributed by atoms with van der Waals surface area (Å²) in [5, 5.41) is 2.05. The van der Waals surface area contributed by atoms with Gasteiger partial charge >= 0.3 is 0 Å². The van der Waals surface area contributed by atoms with E-state index in [4.69, 9.17) is 34.8 Å². The second-order valence-corrected chi connectivity index (χ2v) is 5.95. The Morgan fingerprint density at radius 1 is 0.824 bits per heavy atom. The van der Waals surface area contributed by atoms with Crippen molar-refractivity contribution in [3.8, 4) is 0 Å². The minimum Gasteiger partial charge on any atom is -0.0883 e. The van der Waals surface area contributed by atoms with Crippen LogP contribution in [0.1, 0.15) is 5.56 Å². The molecule has 0 aliphatic carbocycles. The topological polar surface area (TPSA) is 0 Å². The maximum atomic E-state index is 6.13. The summed E-state index contributed by atoms with van der Waals surface area (Å²) in [6.45, 7) is 2.03. The number of hydrogen-bond acceptors (Lipinski definition) is 1. The SMILES string of the molecule is Cc1cc(Cl)ccc1Sc1ccc(Cl)cc1Cl. The zero-order valence-corrected chi connectivity index (χ0v) is 12.1. The predicted molar refractivity (Wildman–Crippen MR) is 76.8 cm³/mol. The van der Waals surface area contributed by atoms with E-state index in [1.54, 1.807) is 17.8 Å². The fourth-order valence-electron chi connectivity index (χ4n) is 1.40. The molecule has 0 unspecified atom stereocenters. The second kappa shape index (κ2) is 5.53. The van der Waals surface area contributed by atoms with Crippen LogP contribution < -0.4 is 0 Å². The molecule has 0 aliphatic rings. The van der Waals surface area contributed by atoms with Gasteiger partial charge in [0.15, 0.2) is 0 Å². The van der Waals surface area contributed by atoms with Gasteiger partial charge in [-0.3, -0.25) is 0 Å². The third-order valence-corrected chi connectivity index (χ3v) is 4.40. The van der Waals surface area contributed by atoms with Crippen molar-refractivity contribution in [3.63, 3.8) is 0 Å². The third-order valence-electron chi connectivity index (χ3n) is 2.25. The summed E-state index contributed by atoms with van der Waals surface area (Å²) in [7, 11) is 0. The standard InChI is InChI=1S/C13H9Cl3S/c1-8-6-9(14)2-4-12(8)17-13-5-3-10(15)7-11(13)16/h2-7H,1H3. The molecule has 17 heavy (non-hydrogen) atoms. The van der Waals surface area contributed by atoms with Crippen molar-refractivity contribution < 1.29 is 0 Å². The Balaban J connectivity index is 2.31. The molecule has 0 fully saturated rings. The molecule has 0 amide bonds. The van der Waals surface area contributed by atoms with Crippen molar-refractivity contribution >= 4 is 46.6 Å². The van der Waals surface area contributed by atoms with E-state index in [-0.39, 0.29) is 0 Å². The van der Waals surface area contributed by atoms with E-state index in [9.17, 15) is 0 Å². The van der Waals surface area contributed by atoms with Crippen molar-refractivity contribution in [2.45, 2.75) is 16.7 Å². The number of hydrogen-bond donors (Lipinski definition) is 0. The molecule has 2 rings (SSSR count). The Morgan fingerprint density at radius 2 is 1.41 bits per heavy atom. The lowest BCUT2D eigenvalue weighted by Crippen LogP contribution is -1.81. The van der Waals surface area contributed by atoms with Crippen LogP contribution in [-0.2, 0) is 0 Å². The Bertz CT molecular complexity index is 503. The summed E-state index contributed by atoms with van der Waals surface area (Å²) in [6, 6.07) is 11.3. The molecule has 2 aromatic carbocycles. The molecule has 0 saturated heterocycles. The molecule has 0 atom stereocenters. The number of rotatable bonds is 2. The number of benzene rings is 2. The highest BCUT2D eigenvalue weighted by Gasteiger charge is 2.06. The lowest BCUT2D eigenvalue weighted by Gasteiger charge is -2.07. The van der Waals surface area contributed by atoms with E-state index >= 15 is 0 Å². The van der Waals surface area contributed by atoms with Crippen molar-refractivity contribution in [1.29, 1.82) is 0 Å². The van der Waals surface area contributed by atoms with Crippen LogP contribution in [0.3, 0.4) is 0 Å². The van der Waals surface area contributed by atoms with Crippen molar-refractivity contribution in [1.82, 2.24) is 0 Å². The molecule has 4 heteroatoms. The number of aryl methyl sites for hydroxylation is 1. The van der Waals surface area contributed by atoms with E-state index in [2.05, 4.69) is 0 Å². The van der Waals surface area contributed by atoms with Crippen LogP contribution in [0, 0.1) is 6.92 Å². The predicted octanol–water partition coefficient (Wildman–Crippen LogP) is 6.11. The Labute approximate surface area is 120 Å². The van der Waals surface area contributed by atoms with Crippen LogP contribution in [0.2, 0.25) is 15.1 Å². The molecule has 0 saturated carbocycles. The van der Waals surface area contributed by atoms with Crippen molar-refractivity contribution in [2.24, 2.45) is 0 Å². The quantitative estimate of drug-likeness (QED) is 0.645. The smallest absolute Gasteiger partial charge is 0.0560 e. The van der Waals surface area contributed by atoms with E-state index in [0.29, 0.717) is 10.0 Å². The Morgan fingerprint density at radius 3 is 2.00 bits per heavy atom. The van der Waals surface area contributed by atoms with Gasteiger partial charge in [-0.2, -0.15) is 0 Å². The van der Waals surface area contributed by atoms with E-state index in [0.717, 1.165) is 20.4 Å². The summed E-state index contributed by atoms with van der Waals surface area (Å²) >= 11 is 19.5. The van der Waals surface area contributed by atoms with Crippen molar-refractivity contribution in [3.05, 3.63) is 57.0 Å². The minimum atomic E-state index is 0.646. The molecular formula is C13H9Cl3S. The summed E-state index contributed by atoms with van der Waals surface area (Å²) in [6.07, 6.45) is 0. The largest absolute Gasteiger partial charge is 0.0883 e. The molecule has 0 radical (unpaired) electrons. The van der Waals surface area contributed by atoms with Gasteiger partial charge in [0.2, 0.25) is 0 Å². The highest BCUT2D eigenvalue weighted by atomic mass is 35.5. The highest BCUT2D eigenvalue weighted by molar-refractivity contribution is 7.99. The molecule has 0 heterocycles. The average Bonchev–Trinajstić information content (AvgIpc) is 2.25. The van der Waals surface area contributed by atoms with Crippen molar-refractivity contribution in [2.75, 3.05) is 0 Å². The summed E-state index contributed by atoms with van der Waals surface area (Å²) in [5.41, 5.74) is 1.13. The molecule has 88 valence electrons. The van der Waals surface area contributed by atoms with Crippen LogP contribution >= 0.6 is 46.6 Å². The van der Waals surface area contributed by atoms with E-state index in [1.165, 1.54) is 0 Å². The average molecular weight is 304 g/mol. The molecule has 0 N–H and O–H groups in total. The zero-order valence-electron chi connectivity index (χ0n) is 9.01. The summed E-state index contributed by atoms with van der Waals surface area (Å²) < 4.78 is 0. The van der Waals surface area contributed by atoms with Crippen LogP contribution in [0.4, 0.5) is 0 Å². The molecule has 0 aromatic heterocycles. The Hall–Kier alpha value is -0.340. The molecule has 0 aliphatic heterocycles. The first-order chi connectivity index (χ1) is 8.06. The fourth-order valence-corrected chi connectivity index (χ4v) is 3.04. The van der Waals surface area contributed by atoms with E-state index < -0.39 is 0 Å². The first kappa shape index (κ1) is 13.1. The third kappa shape index (κ3) is 3.32. The number of halogens is 3. The monoisotopic (exact) mass is 302 g/mol. The van der Waals surface area contributed by atoms with Gasteiger partial charge < -0.3 is 0 Å². The maximum Gasteiger partial charge on any atom is 0.0560 e. The maximum absolute atomic E-state index is 6.13. The first-order valence-electron chi connectivity index (χ1n) is 4.95. The normalized spacial score (nSPS) is 10.6. The molecule has 0 bridgehead atoms. The van der Waals surface area contributed by atoms with Gasteiger partial charge in [-0.05, 0) is 48.9 Å². The van der Waals surface area contributed by atoms with Gasteiger partial charge in [-0.1, -0.05) is 46.6 Å². The van der Waals surface area contributed by atoms with Crippen LogP contribution in [-0.4, -0.2) is 0 Å². The van der Waals surface area contributed by atoms with Gasteiger partial charge in [0.05, 0.1) is 5.02 Å². The Kier molecular flexibility index (Phi) is 4.26. The van der Waals surface area contributed by atoms with Gasteiger partial charge in [0.25, 0.3) is 0 Å².